The maximum absolute atomic E-state index is 14.7. The van der Waals surface area contributed by atoms with Crippen molar-refractivity contribution in [1.82, 2.24) is 31.1 Å². The molecule has 0 bridgehead atoms. The Bertz CT molecular complexity index is 3080. The number of nitrogens with one attached hydrogen (secondary N) is 3. The van der Waals surface area contributed by atoms with Crippen LogP contribution in [-0.4, -0.2) is 110 Å². The molecule has 3 amide bonds. The van der Waals surface area contributed by atoms with Crippen molar-refractivity contribution in [3.63, 3.8) is 0 Å². The van der Waals surface area contributed by atoms with Gasteiger partial charge in [-0.15, -0.1) is 0 Å². The molecular formula is C57H61Cl3F4N6O14. The van der Waals surface area contributed by atoms with Crippen LogP contribution < -0.4 is 54.3 Å². The van der Waals surface area contributed by atoms with Crippen LogP contribution in [0.5, 0.6) is 46.0 Å². The third-order valence-electron chi connectivity index (χ3n) is 12.8. The molecule has 6 aromatic carbocycles. The van der Waals surface area contributed by atoms with E-state index in [1.807, 2.05) is 29.2 Å². The first-order valence-electron chi connectivity index (χ1n) is 25.4. The first kappa shape index (κ1) is 65.6. The first-order valence-corrected chi connectivity index (χ1v) is 26.5. The van der Waals surface area contributed by atoms with Crippen LogP contribution >= 0.6 is 34.8 Å². The number of amides is 3. The number of fused-ring (bicyclic) bond motifs is 2. The van der Waals surface area contributed by atoms with Gasteiger partial charge in [-0.05, 0) is 78.2 Å². The fourth-order valence-electron chi connectivity index (χ4n) is 8.69. The van der Waals surface area contributed by atoms with Crippen molar-refractivity contribution in [1.29, 1.82) is 0 Å². The van der Waals surface area contributed by atoms with E-state index in [-0.39, 0.29) is 116 Å². The number of hydrogen-bond acceptors (Lipinski definition) is 17. The summed E-state index contributed by atoms with van der Waals surface area (Å²) in [6.07, 6.45) is -0.0889. The van der Waals surface area contributed by atoms with Gasteiger partial charge in [-0.1, -0.05) is 65.1 Å². The molecule has 6 N–H and O–H groups in total. The number of hydrogen-bond donors (Lipinski definition) is 6. The van der Waals surface area contributed by atoms with Crippen LogP contribution in [0.3, 0.4) is 0 Å². The summed E-state index contributed by atoms with van der Waals surface area (Å²) in [5.74, 6) is -0.650. The summed E-state index contributed by atoms with van der Waals surface area (Å²) in [5, 5.41) is 26.9. The monoisotopic (exact) mass is 1230 g/mol. The average Bonchev–Trinajstić information content (AvgIpc) is 3.86. The minimum atomic E-state index is -0.647. The molecule has 2 heterocycles. The van der Waals surface area contributed by atoms with Gasteiger partial charge >= 0.3 is 0 Å². The van der Waals surface area contributed by atoms with E-state index in [2.05, 4.69) is 0 Å². The number of halogens is 7. The van der Waals surface area contributed by atoms with E-state index in [4.69, 9.17) is 88.3 Å². The summed E-state index contributed by atoms with van der Waals surface area (Å²) in [6, 6.07) is 22.5. The van der Waals surface area contributed by atoms with E-state index >= 15 is 0 Å². The molecule has 0 fully saturated rings. The number of carbonyl (C=O) groups is 3. The molecule has 84 heavy (non-hydrogen) atoms. The second-order valence-corrected chi connectivity index (χ2v) is 19.9. The quantitative estimate of drug-likeness (QED) is 0.0188. The fourth-order valence-corrected chi connectivity index (χ4v) is 9.30. The summed E-state index contributed by atoms with van der Waals surface area (Å²) in [5.41, 5.74) is 8.61. The van der Waals surface area contributed by atoms with Crippen molar-refractivity contribution in [3.8, 4) is 46.0 Å². The Balaban J connectivity index is 0.000000203. The third kappa shape index (κ3) is 18.2. The fraction of sp³-hybridized carbons (Fsp3) is 0.316. The van der Waals surface area contributed by atoms with Crippen molar-refractivity contribution < 1.29 is 85.5 Å². The zero-order valence-corrected chi connectivity index (χ0v) is 48.4. The molecule has 6 aromatic rings. The Morgan fingerprint density at radius 2 is 0.929 bits per heavy atom. The number of carbonyl (C=O) groups excluding carboxylic acids is 3. The largest absolute Gasteiger partial charge is 0.493 e. The number of nitrogens with zero attached hydrogens (tertiary/aromatic N) is 3. The van der Waals surface area contributed by atoms with Gasteiger partial charge in [0.25, 0.3) is 5.91 Å². The lowest BCUT2D eigenvalue weighted by Crippen LogP contribution is -2.35. The smallest absolute Gasteiger partial charge is 0.257 e. The van der Waals surface area contributed by atoms with Gasteiger partial charge in [0.2, 0.25) is 36.9 Å². The third-order valence-corrected chi connectivity index (χ3v) is 13.6. The zero-order chi connectivity index (χ0) is 61.0. The molecule has 2 aliphatic rings. The summed E-state index contributed by atoms with van der Waals surface area (Å²) in [7, 11) is 5.70. The highest BCUT2D eigenvalue weighted by Gasteiger charge is 2.25. The summed E-state index contributed by atoms with van der Waals surface area (Å²) in [6.45, 7) is 3.55. The first-order chi connectivity index (χ1) is 40.3. The van der Waals surface area contributed by atoms with Crippen molar-refractivity contribution in [2.45, 2.75) is 59.0 Å². The van der Waals surface area contributed by atoms with Gasteiger partial charge in [0.05, 0.1) is 45.0 Å². The maximum atomic E-state index is 14.7. The van der Waals surface area contributed by atoms with Gasteiger partial charge in [0.15, 0.2) is 46.1 Å². The normalized spacial score (nSPS) is 11.8. The summed E-state index contributed by atoms with van der Waals surface area (Å²) < 4.78 is 100. The van der Waals surface area contributed by atoms with Gasteiger partial charge in [0.1, 0.15) is 11.6 Å². The van der Waals surface area contributed by atoms with Gasteiger partial charge in [-0.25, -0.2) is 34.0 Å². The molecule has 0 atom stereocenters. The molecule has 8 rings (SSSR count). The predicted molar refractivity (Wildman–Crippen MR) is 298 cm³/mol. The summed E-state index contributed by atoms with van der Waals surface area (Å²) in [4.78, 5) is 39.8. The van der Waals surface area contributed by atoms with E-state index in [1.54, 1.807) is 66.2 Å². The highest BCUT2D eigenvalue weighted by atomic mass is 35.5. The lowest BCUT2D eigenvalue weighted by Gasteiger charge is -2.23. The number of rotatable bonds is 24. The Labute approximate surface area is 496 Å². The van der Waals surface area contributed by atoms with Crippen molar-refractivity contribution in [3.05, 3.63) is 162 Å². The molecule has 0 saturated carbocycles. The Morgan fingerprint density at radius 3 is 1.33 bits per heavy atom. The van der Waals surface area contributed by atoms with E-state index in [1.165, 1.54) is 56.1 Å². The van der Waals surface area contributed by atoms with Crippen LogP contribution in [0.2, 0.25) is 15.1 Å². The Morgan fingerprint density at radius 1 is 0.512 bits per heavy atom. The highest BCUT2D eigenvalue weighted by Crippen LogP contribution is 2.44. The molecule has 0 saturated heterocycles. The van der Waals surface area contributed by atoms with Crippen LogP contribution in [0.25, 0.3) is 0 Å². The van der Waals surface area contributed by atoms with Gasteiger partial charge in [-0.3, -0.25) is 44.7 Å². The molecule has 2 aliphatic heterocycles. The van der Waals surface area contributed by atoms with Gasteiger partial charge < -0.3 is 37.9 Å². The topological polar surface area (TPSA) is 232 Å². The van der Waals surface area contributed by atoms with Crippen LogP contribution in [0, 0.1) is 30.2 Å². The van der Waals surface area contributed by atoms with Gasteiger partial charge in [-0.2, -0.15) is 0 Å². The minimum absolute atomic E-state index is 0.000804. The number of benzene rings is 6. The van der Waals surface area contributed by atoms with Crippen LogP contribution in [0.4, 0.5) is 17.6 Å². The van der Waals surface area contributed by atoms with E-state index < -0.39 is 35.2 Å². The zero-order valence-electron chi connectivity index (χ0n) is 46.1. The average molecular weight is 1240 g/mol. The van der Waals surface area contributed by atoms with E-state index in [9.17, 15) is 31.9 Å². The second kappa shape index (κ2) is 31.9. The highest BCUT2D eigenvalue weighted by molar-refractivity contribution is 6.32. The number of ether oxygens (including phenoxy) is 8. The molecule has 452 valence electrons. The van der Waals surface area contributed by atoms with Crippen molar-refractivity contribution in [2.24, 2.45) is 0 Å². The molecule has 0 radical (unpaired) electrons. The Hall–Kier alpha value is -7.52. The molecule has 0 aromatic heterocycles. The Kier molecular flexibility index (Phi) is 25.0. The van der Waals surface area contributed by atoms with Gasteiger partial charge in [0, 0.05) is 92.5 Å². The lowest BCUT2D eigenvalue weighted by molar-refractivity contribution is -0.131. The number of aryl methyl sites for hydroxylation is 1. The second-order valence-electron chi connectivity index (χ2n) is 18.7. The molecule has 20 nitrogen and oxygen atoms in total. The molecule has 0 unspecified atom stereocenters. The number of hydroxylamine groups is 3. The summed E-state index contributed by atoms with van der Waals surface area (Å²) >= 11 is 17.6. The molecular weight excluding hydrogens is 1180 g/mol. The molecule has 0 spiro atoms. The van der Waals surface area contributed by atoms with Crippen molar-refractivity contribution in [2.75, 3.05) is 61.7 Å². The standard InChI is InChI=1S/C20H22N2O8.C19H20Cl2F2N2O4.C18H19ClF2N2O2/c1-25-14-3-12(5-16-19(14)29-10-27-16)7-22(9-18(23)21-24)8-13-4-15(26-2)20-17(6-13)28-11-30-20;1-28-18-13(20)5-3-11(16(18)22)9-25(8-7-15(26)24-27)10-12-4-6-14(21)19(29-2)17(12)23;1-12-2-3-13(16(20)8-12)10-23(7-6-18(24)22-25)11-14-4-5-15(19)9-17(14)21/h3-6,24H,7-11H2,1-2H3,(H,21,23);3-6,27H,7-10H2,1-2H3,(H,24,26);2-5,8-9,25H,6-7,10-11H2,1H3,(H,22,24). The maximum Gasteiger partial charge on any atom is 0.257 e. The van der Waals surface area contributed by atoms with E-state index in [0.717, 1.165) is 16.7 Å². The SMILES string of the molecule is COc1c(Cl)ccc(CN(CCC(=O)NO)Cc2ccc(Cl)c(OC)c2F)c1F.COc1cc(CN(CC(=O)NO)Cc2cc(OC)c3c(c2)OCO3)cc2c1OCO2.Cc1ccc(CN(CCC(=O)NO)Cc2ccc(Cl)cc2F)c(F)c1. The molecule has 0 aliphatic carbocycles. The number of methoxy groups -OCH3 is 4. The molecule has 27 heteroatoms. The van der Waals surface area contributed by atoms with Crippen molar-refractivity contribution >= 4 is 52.5 Å². The lowest BCUT2D eigenvalue weighted by atomic mass is 10.1. The predicted octanol–water partition coefficient (Wildman–Crippen LogP) is 9.68. The van der Waals surface area contributed by atoms with E-state index in [0.29, 0.717) is 58.7 Å². The minimum Gasteiger partial charge on any atom is -0.493 e. The van der Waals surface area contributed by atoms with Crippen LogP contribution in [0.1, 0.15) is 51.8 Å². The van der Waals surface area contributed by atoms with Crippen LogP contribution in [-0.2, 0) is 53.7 Å². The van der Waals surface area contributed by atoms with Crippen LogP contribution in [0.15, 0.2) is 84.9 Å².